The van der Waals surface area contributed by atoms with E-state index in [0.717, 1.165) is 24.7 Å². The number of hydrogen-bond donors (Lipinski definition) is 1. The average Bonchev–Trinajstić information content (AvgIpc) is 2.38. The van der Waals surface area contributed by atoms with Gasteiger partial charge in [-0.25, -0.2) is 9.97 Å². The molecule has 1 fully saturated rings. The van der Waals surface area contributed by atoms with Crippen LogP contribution in [-0.2, 0) is 6.54 Å². The van der Waals surface area contributed by atoms with E-state index in [4.69, 9.17) is 0 Å². The van der Waals surface area contributed by atoms with Gasteiger partial charge in [-0.3, -0.25) is 0 Å². The fourth-order valence-electron chi connectivity index (χ4n) is 1.53. The molecule has 1 aromatic heterocycles. The molecule has 0 amide bonds. The molecule has 3 nitrogen and oxygen atoms in total. The van der Waals surface area contributed by atoms with Gasteiger partial charge in [-0.1, -0.05) is 6.92 Å². The molecular weight excluding hydrogens is 238 g/mol. The third kappa shape index (κ3) is 3.37. The summed E-state index contributed by atoms with van der Waals surface area (Å²) in [5.41, 5.74) is 1.17. The SMILES string of the molecule is CCNCc1cnc(C2CSCCS2)nc1. The highest BCUT2D eigenvalue weighted by Crippen LogP contribution is 2.34. The van der Waals surface area contributed by atoms with E-state index in [-0.39, 0.29) is 0 Å². The molecule has 5 heteroatoms. The number of thioether (sulfide) groups is 2. The zero-order chi connectivity index (χ0) is 11.2. The Morgan fingerprint density at radius 2 is 2.19 bits per heavy atom. The molecule has 1 aliphatic heterocycles. The van der Waals surface area contributed by atoms with Gasteiger partial charge in [0.1, 0.15) is 5.82 Å². The third-order valence-electron chi connectivity index (χ3n) is 2.41. The topological polar surface area (TPSA) is 37.8 Å². The molecule has 16 heavy (non-hydrogen) atoms. The summed E-state index contributed by atoms with van der Waals surface area (Å²) in [4.78, 5) is 8.94. The molecule has 0 aromatic carbocycles. The summed E-state index contributed by atoms with van der Waals surface area (Å²) in [5.74, 6) is 4.63. The number of aromatic nitrogens is 2. The summed E-state index contributed by atoms with van der Waals surface area (Å²) in [6.07, 6.45) is 3.90. The maximum Gasteiger partial charge on any atom is 0.141 e. The van der Waals surface area contributed by atoms with Crippen molar-refractivity contribution >= 4 is 23.5 Å². The molecule has 0 saturated carbocycles. The van der Waals surface area contributed by atoms with Gasteiger partial charge in [-0.05, 0) is 6.54 Å². The van der Waals surface area contributed by atoms with Gasteiger partial charge in [0.2, 0.25) is 0 Å². The molecule has 88 valence electrons. The molecule has 0 bridgehead atoms. The van der Waals surface area contributed by atoms with Gasteiger partial charge in [0.05, 0.1) is 5.25 Å². The number of hydrogen-bond acceptors (Lipinski definition) is 5. The lowest BCUT2D eigenvalue weighted by Gasteiger charge is -2.19. The van der Waals surface area contributed by atoms with Crippen LogP contribution in [0.5, 0.6) is 0 Å². The Labute approximate surface area is 105 Å². The molecule has 1 aliphatic rings. The molecule has 1 saturated heterocycles. The first-order valence-electron chi connectivity index (χ1n) is 5.61. The van der Waals surface area contributed by atoms with Gasteiger partial charge in [0, 0.05) is 41.8 Å². The Hall–Kier alpha value is -0.260. The molecule has 0 aliphatic carbocycles. The van der Waals surface area contributed by atoms with Gasteiger partial charge in [0.15, 0.2) is 0 Å². The van der Waals surface area contributed by atoms with E-state index in [1.807, 2.05) is 35.9 Å². The van der Waals surface area contributed by atoms with Crippen molar-refractivity contribution in [2.45, 2.75) is 18.7 Å². The molecule has 0 spiro atoms. The van der Waals surface area contributed by atoms with Crippen LogP contribution < -0.4 is 5.32 Å². The van der Waals surface area contributed by atoms with Crippen LogP contribution in [0.4, 0.5) is 0 Å². The highest BCUT2D eigenvalue weighted by molar-refractivity contribution is 8.06. The Bertz CT molecular complexity index is 310. The van der Waals surface area contributed by atoms with E-state index < -0.39 is 0 Å². The second-order valence-corrected chi connectivity index (χ2v) is 6.12. The zero-order valence-electron chi connectivity index (χ0n) is 9.48. The Balaban J connectivity index is 1.95. The van der Waals surface area contributed by atoms with Crippen molar-refractivity contribution in [2.24, 2.45) is 0 Å². The van der Waals surface area contributed by atoms with Crippen LogP contribution in [0.25, 0.3) is 0 Å². The summed E-state index contributed by atoms with van der Waals surface area (Å²) in [6, 6.07) is 0. The van der Waals surface area contributed by atoms with Crippen LogP contribution in [0, 0.1) is 0 Å². The average molecular weight is 255 g/mol. The standard InChI is InChI=1S/C11H17N3S2/c1-2-12-5-9-6-13-11(14-7-9)10-8-15-3-4-16-10/h6-7,10,12H,2-5,8H2,1H3. The second kappa shape index (κ2) is 6.47. The predicted octanol–water partition coefficient (Wildman–Crippen LogP) is 2.11. The minimum atomic E-state index is 0.493. The summed E-state index contributed by atoms with van der Waals surface area (Å²) >= 11 is 3.98. The molecule has 1 atom stereocenters. The van der Waals surface area contributed by atoms with Gasteiger partial charge >= 0.3 is 0 Å². The van der Waals surface area contributed by atoms with E-state index in [1.54, 1.807) is 0 Å². The number of nitrogens with zero attached hydrogens (tertiary/aromatic N) is 2. The maximum atomic E-state index is 4.47. The van der Waals surface area contributed by atoms with E-state index >= 15 is 0 Å². The zero-order valence-corrected chi connectivity index (χ0v) is 11.1. The Morgan fingerprint density at radius 3 is 2.81 bits per heavy atom. The number of nitrogens with one attached hydrogen (secondary N) is 1. The van der Waals surface area contributed by atoms with Gasteiger partial charge in [-0.15, -0.1) is 11.8 Å². The summed E-state index contributed by atoms with van der Waals surface area (Å²) in [5, 5.41) is 3.77. The summed E-state index contributed by atoms with van der Waals surface area (Å²) < 4.78 is 0. The van der Waals surface area contributed by atoms with Gasteiger partial charge in [-0.2, -0.15) is 11.8 Å². The maximum absolute atomic E-state index is 4.47. The van der Waals surface area contributed by atoms with Crippen LogP contribution in [0.3, 0.4) is 0 Å². The smallest absolute Gasteiger partial charge is 0.141 e. The van der Waals surface area contributed by atoms with E-state index in [1.165, 1.54) is 17.1 Å². The lowest BCUT2D eigenvalue weighted by Crippen LogP contribution is -2.14. The summed E-state index contributed by atoms with van der Waals surface area (Å²) in [6.45, 7) is 3.95. The molecule has 2 rings (SSSR count). The monoisotopic (exact) mass is 255 g/mol. The van der Waals surface area contributed by atoms with Crippen molar-refractivity contribution in [1.82, 2.24) is 15.3 Å². The normalized spacial score (nSPS) is 20.9. The molecule has 2 heterocycles. The van der Waals surface area contributed by atoms with Crippen LogP contribution >= 0.6 is 23.5 Å². The lowest BCUT2D eigenvalue weighted by molar-refractivity contribution is 0.717. The van der Waals surface area contributed by atoms with E-state index in [9.17, 15) is 0 Å². The molecular formula is C11H17N3S2. The van der Waals surface area contributed by atoms with Crippen LogP contribution in [0.1, 0.15) is 23.6 Å². The largest absolute Gasteiger partial charge is 0.313 e. The fraction of sp³-hybridized carbons (Fsp3) is 0.636. The van der Waals surface area contributed by atoms with Crippen LogP contribution in [0.15, 0.2) is 12.4 Å². The predicted molar refractivity (Wildman–Crippen MR) is 71.9 cm³/mol. The van der Waals surface area contributed by atoms with Crippen LogP contribution in [0.2, 0.25) is 0 Å². The highest BCUT2D eigenvalue weighted by atomic mass is 32.2. The van der Waals surface area contributed by atoms with Crippen molar-refractivity contribution in [3.05, 3.63) is 23.8 Å². The first kappa shape index (κ1) is 12.2. The van der Waals surface area contributed by atoms with Gasteiger partial charge in [0.25, 0.3) is 0 Å². The van der Waals surface area contributed by atoms with E-state index in [2.05, 4.69) is 22.2 Å². The van der Waals surface area contributed by atoms with E-state index in [0.29, 0.717) is 5.25 Å². The lowest BCUT2D eigenvalue weighted by atomic mass is 10.3. The molecule has 1 aromatic rings. The van der Waals surface area contributed by atoms with Crippen molar-refractivity contribution < 1.29 is 0 Å². The first-order valence-corrected chi connectivity index (χ1v) is 7.81. The Morgan fingerprint density at radius 1 is 1.38 bits per heavy atom. The Kier molecular flexibility index (Phi) is 4.93. The minimum Gasteiger partial charge on any atom is -0.313 e. The summed E-state index contributed by atoms with van der Waals surface area (Å²) in [7, 11) is 0. The molecule has 0 radical (unpaired) electrons. The molecule has 1 unspecified atom stereocenters. The van der Waals surface area contributed by atoms with Crippen molar-refractivity contribution in [3.8, 4) is 0 Å². The first-order chi connectivity index (χ1) is 7.90. The third-order valence-corrected chi connectivity index (χ3v) is 5.16. The van der Waals surface area contributed by atoms with Crippen molar-refractivity contribution in [2.75, 3.05) is 23.8 Å². The van der Waals surface area contributed by atoms with Crippen molar-refractivity contribution in [3.63, 3.8) is 0 Å². The van der Waals surface area contributed by atoms with Gasteiger partial charge < -0.3 is 5.32 Å². The minimum absolute atomic E-state index is 0.493. The van der Waals surface area contributed by atoms with Crippen molar-refractivity contribution in [1.29, 1.82) is 0 Å². The fourth-order valence-corrected chi connectivity index (χ4v) is 4.14. The number of rotatable bonds is 4. The quantitative estimate of drug-likeness (QED) is 0.892. The van der Waals surface area contributed by atoms with Crippen LogP contribution in [-0.4, -0.2) is 33.8 Å². The second-order valence-electron chi connectivity index (χ2n) is 3.66. The molecule has 1 N–H and O–H groups in total. The highest BCUT2D eigenvalue weighted by Gasteiger charge is 2.18.